The molecule has 1 aliphatic rings. The zero-order valence-corrected chi connectivity index (χ0v) is 20.1. The van der Waals surface area contributed by atoms with Crippen LogP contribution in [0.5, 0.6) is 0 Å². The number of carbonyl (C=O) groups excluding carboxylic acids is 1. The lowest BCUT2D eigenvalue weighted by molar-refractivity contribution is -0.129. The van der Waals surface area contributed by atoms with Crippen LogP contribution in [0.25, 0.3) is 0 Å². The molecular weight excluding hydrogens is 442 g/mol. The molecule has 3 rings (SSSR count). The Bertz CT molecular complexity index is 819. The summed E-state index contributed by atoms with van der Waals surface area (Å²) >= 11 is 1.97. The molecule has 1 unspecified atom stereocenters. The molecule has 0 spiro atoms. The second-order valence-electron chi connectivity index (χ2n) is 7.34. The highest BCUT2D eigenvalue weighted by molar-refractivity contribution is 7.98. The first-order valence-corrected chi connectivity index (χ1v) is 13.0. The lowest BCUT2D eigenvalue weighted by Crippen LogP contribution is -2.48. The smallest absolute Gasteiger partial charge is 0.235 e. The summed E-state index contributed by atoms with van der Waals surface area (Å²) in [5.41, 5.74) is 1.13. The Balaban J connectivity index is 1.41. The molecule has 0 aromatic carbocycles. The number of hydrogen-bond donors (Lipinski definition) is 1. The number of nitrogens with zero attached hydrogens (tertiary/aromatic N) is 6. The van der Waals surface area contributed by atoms with E-state index >= 15 is 0 Å². The van der Waals surface area contributed by atoms with E-state index in [9.17, 15) is 9.35 Å². The van der Waals surface area contributed by atoms with Crippen molar-refractivity contribution in [1.82, 2.24) is 23.5 Å². The van der Waals surface area contributed by atoms with Gasteiger partial charge in [0.2, 0.25) is 17.5 Å². The Kier molecular flexibility index (Phi) is 8.69. The van der Waals surface area contributed by atoms with Crippen LogP contribution in [0.3, 0.4) is 0 Å². The van der Waals surface area contributed by atoms with E-state index < -0.39 is 11.1 Å². The van der Waals surface area contributed by atoms with E-state index in [1.54, 1.807) is 18.3 Å². The molecule has 1 atom stereocenters. The number of rotatable bonds is 10. The van der Waals surface area contributed by atoms with Crippen molar-refractivity contribution in [2.45, 2.75) is 19.1 Å². The van der Waals surface area contributed by atoms with Crippen molar-refractivity contribution in [3.63, 3.8) is 0 Å². The SMILES string of the molecule is CC(=O)N1CCN(c2n[s+]([O-])nc2NCCSCc2csc(CCN(C)C)n2)CC1. The minimum absolute atomic E-state index is 0.0839. The van der Waals surface area contributed by atoms with Gasteiger partial charge in [-0.25, -0.2) is 4.98 Å². The lowest BCUT2D eigenvalue weighted by atomic mass is 10.3. The summed E-state index contributed by atoms with van der Waals surface area (Å²) in [5.74, 6) is 3.09. The summed E-state index contributed by atoms with van der Waals surface area (Å²) in [4.78, 5) is 22.2. The summed E-state index contributed by atoms with van der Waals surface area (Å²) in [7, 11) is 4.15. The Morgan fingerprint density at radius 2 is 2.10 bits per heavy atom. The van der Waals surface area contributed by atoms with E-state index in [1.165, 1.54) is 5.01 Å². The van der Waals surface area contributed by atoms with Gasteiger partial charge in [-0.1, -0.05) is 0 Å². The van der Waals surface area contributed by atoms with E-state index in [4.69, 9.17) is 4.98 Å². The topological polar surface area (TPSA) is 101 Å². The molecule has 0 saturated carbocycles. The summed E-state index contributed by atoms with van der Waals surface area (Å²) in [6, 6.07) is 0. The monoisotopic (exact) mass is 471 g/mol. The van der Waals surface area contributed by atoms with Gasteiger partial charge in [0.15, 0.2) is 11.1 Å². The zero-order chi connectivity index (χ0) is 21.5. The van der Waals surface area contributed by atoms with Gasteiger partial charge in [0.05, 0.1) is 10.7 Å². The summed E-state index contributed by atoms with van der Waals surface area (Å²) in [5, 5.41) is 6.60. The van der Waals surface area contributed by atoms with Gasteiger partial charge in [0.25, 0.3) is 0 Å². The van der Waals surface area contributed by atoms with Crippen molar-refractivity contribution >= 4 is 51.8 Å². The maximum absolute atomic E-state index is 11.8. The number of likely N-dealkylation sites (N-methyl/N-ethyl adjacent to an activating group) is 1. The van der Waals surface area contributed by atoms with Gasteiger partial charge in [-0.2, -0.15) is 11.8 Å². The molecule has 1 fully saturated rings. The van der Waals surface area contributed by atoms with Gasteiger partial charge in [-0.3, -0.25) is 4.79 Å². The molecule has 3 heterocycles. The third-order valence-corrected chi connectivity index (χ3v) is 7.35. The zero-order valence-electron chi connectivity index (χ0n) is 17.7. The molecule has 9 nitrogen and oxygen atoms in total. The predicted octanol–water partition coefficient (Wildman–Crippen LogP) is 1.78. The minimum Gasteiger partial charge on any atom is -0.546 e. The average molecular weight is 472 g/mol. The predicted molar refractivity (Wildman–Crippen MR) is 124 cm³/mol. The maximum atomic E-state index is 11.8. The first-order chi connectivity index (χ1) is 14.4. The van der Waals surface area contributed by atoms with Crippen LogP contribution in [0.4, 0.5) is 11.6 Å². The number of thiazole rings is 1. The van der Waals surface area contributed by atoms with Crippen LogP contribution in [0.2, 0.25) is 0 Å². The summed E-state index contributed by atoms with van der Waals surface area (Å²) in [6.07, 6.45) is 0.990. The van der Waals surface area contributed by atoms with E-state index in [0.29, 0.717) is 44.4 Å². The number of aromatic nitrogens is 3. The van der Waals surface area contributed by atoms with Gasteiger partial charge in [-0.05, 0) is 14.1 Å². The number of thioether (sulfide) groups is 1. The van der Waals surface area contributed by atoms with Gasteiger partial charge >= 0.3 is 0 Å². The first kappa shape index (κ1) is 23.2. The molecule has 1 N–H and O–H groups in total. The molecule has 0 radical (unpaired) electrons. The third kappa shape index (κ3) is 6.77. The molecule has 1 saturated heterocycles. The third-order valence-electron chi connectivity index (χ3n) is 4.73. The molecule has 12 heteroatoms. The molecule has 30 heavy (non-hydrogen) atoms. The van der Waals surface area contributed by atoms with Gasteiger partial charge < -0.3 is 24.6 Å². The fraction of sp³-hybridized carbons (Fsp3) is 0.667. The number of carbonyl (C=O) groups is 1. The first-order valence-electron chi connectivity index (χ1n) is 9.92. The Labute approximate surface area is 189 Å². The van der Waals surface area contributed by atoms with E-state index in [0.717, 1.165) is 30.2 Å². The van der Waals surface area contributed by atoms with Crippen molar-refractivity contribution in [1.29, 1.82) is 0 Å². The second-order valence-corrected chi connectivity index (χ2v) is 10.2. The largest absolute Gasteiger partial charge is 0.546 e. The molecule has 0 bridgehead atoms. The van der Waals surface area contributed by atoms with Crippen LogP contribution >= 0.6 is 34.2 Å². The standard InChI is InChI=1S/C18H29N7O2S3/c1-14(26)24-7-9-25(10-8-24)18-17(21-30(27)22-18)19-5-11-28-12-15-13-29-16(20-15)4-6-23(2)3/h13H,4-12H2,1-3H3,(H,19,21). The maximum Gasteiger partial charge on any atom is 0.235 e. The normalized spacial score (nSPS) is 15.2. The molecule has 0 aliphatic carbocycles. The lowest BCUT2D eigenvalue weighted by Gasteiger charge is -2.33. The van der Waals surface area contributed by atoms with Crippen molar-refractivity contribution in [2.24, 2.45) is 0 Å². The average Bonchev–Trinajstić information content (AvgIpc) is 3.32. The molecule has 1 aliphatic heterocycles. The van der Waals surface area contributed by atoms with Crippen LogP contribution in [-0.2, 0) is 17.0 Å². The second kappa shape index (κ2) is 11.2. The van der Waals surface area contributed by atoms with Crippen LogP contribution < -0.4 is 10.2 Å². The fourth-order valence-electron chi connectivity index (χ4n) is 3.08. The van der Waals surface area contributed by atoms with Gasteiger partial charge in [0, 0.05) is 78.2 Å². The highest BCUT2D eigenvalue weighted by Gasteiger charge is 2.26. The fourth-order valence-corrected chi connectivity index (χ4v) is 5.41. The van der Waals surface area contributed by atoms with Crippen LogP contribution in [0.15, 0.2) is 5.38 Å². The highest BCUT2D eigenvalue weighted by atomic mass is 32.2. The van der Waals surface area contributed by atoms with Crippen molar-refractivity contribution in [3.8, 4) is 0 Å². The number of hydrogen-bond acceptors (Lipinski definition) is 10. The van der Waals surface area contributed by atoms with Crippen LogP contribution in [0, 0.1) is 0 Å². The number of amides is 1. The Morgan fingerprint density at radius 3 is 2.80 bits per heavy atom. The molecule has 166 valence electrons. The van der Waals surface area contributed by atoms with Crippen molar-refractivity contribution in [2.75, 3.05) is 69.3 Å². The van der Waals surface area contributed by atoms with Crippen LogP contribution in [-0.4, -0.2) is 93.1 Å². The van der Waals surface area contributed by atoms with Gasteiger partial charge in [0.1, 0.15) is 0 Å². The molecule has 2 aromatic heterocycles. The molecule has 1 amide bonds. The Hall–Kier alpha value is -1.47. The molecular formula is C18H29N7O2S3. The van der Waals surface area contributed by atoms with Crippen molar-refractivity contribution in [3.05, 3.63) is 16.1 Å². The Morgan fingerprint density at radius 1 is 1.33 bits per heavy atom. The minimum atomic E-state index is -1.57. The van der Waals surface area contributed by atoms with E-state index in [-0.39, 0.29) is 5.91 Å². The summed E-state index contributed by atoms with van der Waals surface area (Å²) in [6.45, 7) is 5.95. The molecule has 2 aromatic rings. The van der Waals surface area contributed by atoms with Crippen LogP contribution in [0.1, 0.15) is 17.6 Å². The number of piperazine rings is 1. The highest BCUT2D eigenvalue weighted by Crippen LogP contribution is 2.27. The number of anilines is 2. The number of nitrogens with one attached hydrogen (secondary N) is 1. The summed E-state index contributed by atoms with van der Waals surface area (Å²) < 4.78 is 20.1. The van der Waals surface area contributed by atoms with Crippen molar-refractivity contribution < 1.29 is 9.35 Å². The quantitative estimate of drug-likeness (QED) is 0.410. The van der Waals surface area contributed by atoms with Gasteiger partial charge in [-0.15, -0.1) is 11.3 Å². The van der Waals surface area contributed by atoms with E-state index in [2.05, 4.69) is 38.4 Å². The van der Waals surface area contributed by atoms with E-state index in [1.807, 2.05) is 21.6 Å².